The maximum atomic E-state index is 3.48. The van der Waals surface area contributed by atoms with Gasteiger partial charge in [0.1, 0.15) is 0 Å². The maximum absolute atomic E-state index is 3.48. The van der Waals surface area contributed by atoms with Crippen molar-refractivity contribution in [2.45, 2.75) is 52.1 Å². The second-order valence-corrected chi connectivity index (χ2v) is 5.59. The lowest BCUT2D eigenvalue weighted by Gasteiger charge is -2.41. The number of nitrogens with zero attached hydrogens (tertiary/aromatic N) is 2. The van der Waals surface area contributed by atoms with Crippen molar-refractivity contribution in [3.8, 4) is 0 Å². The molecular weight excluding hydrogens is 210 g/mol. The van der Waals surface area contributed by atoms with Crippen molar-refractivity contribution in [1.29, 1.82) is 0 Å². The van der Waals surface area contributed by atoms with Crippen molar-refractivity contribution >= 4 is 0 Å². The monoisotopic (exact) mass is 241 g/mol. The quantitative estimate of drug-likeness (QED) is 0.686. The van der Waals surface area contributed by atoms with E-state index in [2.05, 4.69) is 42.9 Å². The van der Waals surface area contributed by atoms with Gasteiger partial charge in [-0.2, -0.15) is 0 Å². The molecule has 1 N–H and O–H groups in total. The Morgan fingerprint density at radius 1 is 1.29 bits per heavy atom. The zero-order valence-electron chi connectivity index (χ0n) is 12.2. The standard InChI is InChI=1S/C14H31N3/c1-5-8-15-9-6-7-13(2)17-11-10-16(4)12-14(17)3/h13-15H,5-12H2,1-4H3. The molecule has 0 aromatic carbocycles. The normalized spacial score (nSPS) is 25.1. The van der Waals surface area contributed by atoms with Crippen LogP contribution in [0.2, 0.25) is 0 Å². The lowest BCUT2D eigenvalue weighted by atomic mass is 10.1. The fraction of sp³-hybridized carbons (Fsp3) is 1.00. The van der Waals surface area contributed by atoms with E-state index < -0.39 is 0 Å². The lowest BCUT2D eigenvalue weighted by molar-refractivity contribution is 0.0637. The molecule has 1 aliphatic heterocycles. The Labute approximate surface area is 108 Å². The third kappa shape index (κ3) is 5.36. The highest BCUT2D eigenvalue weighted by Crippen LogP contribution is 2.14. The van der Waals surface area contributed by atoms with Crippen LogP contribution in [0, 0.1) is 0 Å². The van der Waals surface area contributed by atoms with Crippen molar-refractivity contribution < 1.29 is 0 Å². The third-order valence-corrected chi connectivity index (χ3v) is 3.85. The molecular formula is C14H31N3. The van der Waals surface area contributed by atoms with E-state index in [0.717, 1.165) is 6.04 Å². The first kappa shape index (κ1) is 14.9. The first-order valence-electron chi connectivity index (χ1n) is 7.30. The van der Waals surface area contributed by atoms with Gasteiger partial charge in [0.2, 0.25) is 0 Å². The topological polar surface area (TPSA) is 18.5 Å². The summed E-state index contributed by atoms with van der Waals surface area (Å²) in [6.07, 6.45) is 3.87. The average molecular weight is 241 g/mol. The predicted molar refractivity (Wildman–Crippen MR) is 75.5 cm³/mol. The fourth-order valence-corrected chi connectivity index (χ4v) is 2.80. The molecule has 0 saturated carbocycles. The van der Waals surface area contributed by atoms with Gasteiger partial charge in [-0.05, 0) is 53.2 Å². The van der Waals surface area contributed by atoms with Crippen LogP contribution in [0.25, 0.3) is 0 Å². The van der Waals surface area contributed by atoms with Gasteiger partial charge >= 0.3 is 0 Å². The summed E-state index contributed by atoms with van der Waals surface area (Å²) < 4.78 is 0. The summed E-state index contributed by atoms with van der Waals surface area (Å²) in [5.74, 6) is 0. The Hall–Kier alpha value is -0.120. The van der Waals surface area contributed by atoms with Crippen molar-refractivity contribution in [3.63, 3.8) is 0 Å². The van der Waals surface area contributed by atoms with Crippen molar-refractivity contribution in [2.24, 2.45) is 0 Å². The van der Waals surface area contributed by atoms with Gasteiger partial charge in [0.15, 0.2) is 0 Å². The fourth-order valence-electron chi connectivity index (χ4n) is 2.80. The predicted octanol–water partition coefficient (Wildman–Crippen LogP) is 1.79. The zero-order chi connectivity index (χ0) is 12.7. The van der Waals surface area contributed by atoms with Gasteiger partial charge in [-0.1, -0.05) is 6.92 Å². The molecule has 17 heavy (non-hydrogen) atoms. The molecule has 1 aliphatic rings. The van der Waals surface area contributed by atoms with Crippen LogP contribution < -0.4 is 5.32 Å². The molecule has 3 heteroatoms. The molecule has 1 saturated heterocycles. The zero-order valence-corrected chi connectivity index (χ0v) is 12.2. The minimum atomic E-state index is 0.715. The van der Waals surface area contributed by atoms with E-state index in [4.69, 9.17) is 0 Å². The van der Waals surface area contributed by atoms with Gasteiger partial charge in [-0.15, -0.1) is 0 Å². The molecule has 102 valence electrons. The summed E-state index contributed by atoms with van der Waals surface area (Å²) in [6.45, 7) is 13.0. The van der Waals surface area contributed by atoms with E-state index in [-0.39, 0.29) is 0 Å². The number of hydrogen-bond donors (Lipinski definition) is 1. The Kier molecular flexibility index (Phi) is 7.09. The van der Waals surface area contributed by atoms with Crippen LogP contribution in [0.5, 0.6) is 0 Å². The highest BCUT2D eigenvalue weighted by atomic mass is 15.3. The molecule has 2 atom stereocenters. The molecule has 0 amide bonds. The highest BCUT2D eigenvalue weighted by Gasteiger charge is 2.24. The van der Waals surface area contributed by atoms with Crippen LogP contribution in [0.3, 0.4) is 0 Å². The maximum Gasteiger partial charge on any atom is 0.0198 e. The van der Waals surface area contributed by atoms with Crippen LogP contribution >= 0.6 is 0 Å². The average Bonchev–Trinajstić information content (AvgIpc) is 2.28. The summed E-state index contributed by atoms with van der Waals surface area (Å²) in [6, 6.07) is 1.45. The molecule has 1 heterocycles. The SMILES string of the molecule is CCCNCCCC(C)N1CCN(C)CC1C. The van der Waals surface area contributed by atoms with Crippen molar-refractivity contribution in [3.05, 3.63) is 0 Å². The van der Waals surface area contributed by atoms with Gasteiger partial charge in [0.25, 0.3) is 0 Å². The number of hydrogen-bond acceptors (Lipinski definition) is 3. The number of piperazine rings is 1. The molecule has 0 aromatic heterocycles. The van der Waals surface area contributed by atoms with Crippen molar-refractivity contribution in [1.82, 2.24) is 15.1 Å². The molecule has 3 nitrogen and oxygen atoms in total. The van der Waals surface area contributed by atoms with Crippen LogP contribution in [0.1, 0.15) is 40.0 Å². The smallest absolute Gasteiger partial charge is 0.0198 e. The number of likely N-dealkylation sites (N-methyl/N-ethyl adjacent to an activating group) is 1. The Morgan fingerprint density at radius 2 is 2.06 bits per heavy atom. The molecule has 1 fully saturated rings. The van der Waals surface area contributed by atoms with Crippen LogP contribution in [-0.4, -0.2) is 61.7 Å². The first-order chi connectivity index (χ1) is 8.15. The van der Waals surface area contributed by atoms with E-state index >= 15 is 0 Å². The van der Waals surface area contributed by atoms with E-state index in [1.54, 1.807) is 0 Å². The summed E-state index contributed by atoms with van der Waals surface area (Å²) in [4.78, 5) is 5.12. The Morgan fingerprint density at radius 3 is 2.71 bits per heavy atom. The Bertz CT molecular complexity index is 196. The van der Waals surface area contributed by atoms with E-state index in [1.807, 2.05) is 0 Å². The van der Waals surface area contributed by atoms with Gasteiger partial charge in [0, 0.05) is 31.7 Å². The minimum Gasteiger partial charge on any atom is -0.317 e. The van der Waals surface area contributed by atoms with Crippen molar-refractivity contribution in [2.75, 3.05) is 39.8 Å². The van der Waals surface area contributed by atoms with E-state index in [1.165, 1.54) is 52.0 Å². The molecule has 0 aromatic rings. The largest absolute Gasteiger partial charge is 0.317 e. The summed E-state index contributed by atoms with van der Waals surface area (Å²) in [5, 5.41) is 3.48. The summed E-state index contributed by atoms with van der Waals surface area (Å²) >= 11 is 0. The summed E-state index contributed by atoms with van der Waals surface area (Å²) in [7, 11) is 2.23. The van der Waals surface area contributed by atoms with Crippen LogP contribution in [0.4, 0.5) is 0 Å². The highest BCUT2D eigenvalue weighted by molar-refractivity contribution is 4.81. The Balaban J connectivity index is 2.16. The van der Waals surface area contributed by atoms with Gasteiger partial charge in [-0.3, -0.25) is 4.90 Å². The molecule has 0 spiro atoms. The minimum absolute atomic E-state index is 0.715. The van der Waals surface area contributed by atoms with E-state index in [9.17, 15) is 0 Å². The first-order valence-corrected chi connectivity index (χ1v) is 7.30. The number of rotatable bonds is 7. The third-order valence-electron chi connectivity index (χ3n) is 3.85. The molecule has 2 unspecified atom stereocenters. The lowest BCUT2D eigenvalue weighted by Crippen LogP contribution is -2.53. The van der Waals surface area contributed by atoms with Crippen LogP contribution in [-0.2, 0) is 0 Å². The second-order valence-electron chi connectivity index (χ2n) is 5.59. The van der Waals surface area contributed by atoms with E-state index in [0.29, 0.717) is 6.04 Å². The van der Waals surface area contributed by atoms with Crippen LogP contribution in [0.15, 0.2) is 0 Å². The second kappa shape index (κ2) is 8.06. The molecule has 0 radical (unpaired) electrons. The molecule has 1 rings (SSSR count). The number of nitrogens with one attached hydrogen (secondary N) is 1. The molecule has 0 aliphatic carbocycles. The van der Waals surface area contributed by atoms with Gasteiger partial charge in [-0.25, -0.2) is 0 Å². The van der Waals surface area contributed by atoms with Gasteiger partial charge < -0.3 is 10.2 Å². The molecule has 0 bridgehead atoms. The van der Waals surface area contributed by atoms with Gasteiger partial charge in [0.05, 0.1) is 0 Å². The summed E-state index contributed by atoms with van der Waals surface area (Å²) in [5.41, 5.74) is 0.